The van der Waals surface area contributed by atoms with E-state index < -0.39 is 78.2 Å². The molecule has 228 valence electrons. The molecule has 0 fully saturated rings. The first kappa shape index (κ1) is 35.0. The number of hydrogen-bond acceptors (Lipinski definition) is 8. The van der Waals surface area contributed by atoms with Gasteiger partial charge in [0.15, 0.2) is 0 Å². The van der Waals surface area contributed by atoms with E-state index in [1.165, 1.54) is 6.92 Å². The van der Waals surface area contributed by atoms with Crippen molar-refractivity contribution in [3.63, 3.8) is 0 Å². The van der Waals surface area contributed by atoms with Crippen molar-refractivity contribution in [2.24, 2.45) is 17.4 Å². The number of benzene rings is 1. The molecule has 41 heavy (non-hydrogen) atoms. The number of aliphatic hydroxyl groups is 1. The van der Waals surface area contributed by atoms with E-state index in [2.05, 4.69) is 21.3 Å². The Morgan fingerprint density at radius 1 is 0.805 bits per heavy atom. The van der Waals surface area contributed by atoms with Crippen molar-refractivity contribution in [2.75, 3.05) is 0 Å². The summed E-state index contributed by atoms with van der Waals surface area (Å²) < 4.78 is 0. The van der Waals surface area contributed by atoms with E-state index in [1.807, 2.05) is 0 Å². The highest BCUT2D eigenvalue weighted by molar-refractivity contribution is 5.97. The van der Waals surface area contributed by atoms with Crippen LogP contribution in [-0.4, -0.2) is 82.0 Å². The topological polar surface area (TPSA) is 243 Å². The molecule has 0 heterocycles. The predicted molar refractivity (Wildman–Crippen MR) is 149 cm³/mol. The van der Waals surface area contributed by atoms with E-state index >= 15 is 0 Å². The molecule has 0 saturated carbocycles. The van der Waals surface area contributed by atoms with Crippen molar-refractivity contribution in [1.82, 2.24) is 21.3 Å². The number of amides is 5. The lowest BCUT2D eigenvalue weighted by atomic mass is 10.0. The molecule has 14 nitrogen and oxygen atoms in total. The van der Waals surface area contributed by atoms with Crippen LogP contribution in [0, 0.1) is 5.92 Å². The predicted octanol–water partition coefficient (Wildman–Crippen LogP) is -1.71. The first-order chi connectivity index (χ1) is 19.2. The van der Waals surface area contributed by atoms with E-state index in [4.69, 9.17) is 11.5 Å². The summed E-state index contributed by atoms with van der Waals surface area (Å²) in [6.07, 6.45) is -1.66. The zero-order valence-electron chi connectivity index (χ0n) is 23.8. The summed E-state index contributed by atoms with van der Waals surface area (Å²) in [7, 11) is 0. The average Bonchev–Trinajstić information content (AvgIpc) is 2.89. The van der Waals surface area contributed by atoms with Crippen LogP contribution >= 0.6 is 0 Å². The minimum absolute atomic E-state index is 0.0562. The van der Waals surface area contributed by atoms with Crippen LogP contribution in [0.4, 0.5) is 0 Å². The summed E-state index contributed by atoms with van der Waals surface area (Å²) in [5.41, 5.74) is 11.6. The third-order valence-electron chi connectivity index (χ3n) is 6.11. The molecule has 1 rings (SSSR count). The van der Waals surface area contributed by atoms with Crippen molar-refractivity contribution in [2.45, 2.75) is 89.7 Å². The summed E-state index contributed by atoms with van der Waals surface area (Å²) in [4.78, 5) is 75.0. The van der Waals surface area contributed by atoms with Crippen LogP contribution in [0.3, 0.4) is 0 Å². The Labute approximate surface area is 239 Å². The second-order valence-electron chi connectivity index (χ2n) is 10.3. The zero-order valence-corrected chi connectivity index (χ0v) is 23.8. The standard InChI is InChI=1S/C27H42N6O8/c1-5-17(28)23(36)33-22(15(4)34)26(39)31-18(11-14(2)3)24(37)30-19(13-21(29)35)25(38)32-20(27(40)41)12-16-9-7-6-8-10-16/h6-10,14-15,17-20,22,34H,5,11-13,28H2,1-4H3,(H2,29,35)(H,30,37)(H,31,39)(H,32,38)(H,33,36)(H,40,41). The molecule has 6 unspecified atom stereocenters. The average molecular weight is 579 g/mol. The number of carbonyl (C=O) groups excluding carboxylic acids is 5. The molecule has 0 aliphatic rings. The Kier molecular flexibility index (Phi) is 14.4. The van der Waals surface area contributed by atoms with Gasteiger partial charge in [0, 0.05) is 6.42 Å². The molecule has 0 bridgehead atoms. The number of aliphatic carboxylic acids is 1. The van der Waals surface area contributed by atoms with Crippen LogP contribution in [0.15, 0.2) is 30.3 Å². The quantitative estimate of drug-likeness (QED) is 0.105. The molecule has 0 aliphatic heterocycles. The first-order valence-corrected chi connectivity index (χ1v) is 13.4. The van der Waals surface area contributed by atoms with Gasteiger partial charge in [0.25, 0.3) is 0 Å². The van der Waals surface area contributed by atoms with Gasteiger partial charge in [-0.3, -0.25) is 24.0 Å². The number of nitrogens with two attached hydrogens (primary N) is 2. The smallest absolute Gasteiger partial charge is 0.326 e. The number of carbonyl (C=O) groups is 6. The van der Waals surface area contributed by atoms with Crippen LogP contribution in [0.5, 0.6) is 0 Å². The summed E-state index contributed by atoms with van der Waals surface area (Å²) >= 11 is 0. The fourth-order valence-electron chi connectivity index (χ4n) is 3.82. The minimum Gasteiger partial charge on any atom is -0.480 e. The van der Waals surface area contributed by atoms with Crippen LogP contribution in [0.2, 0.25) is 0 Å². The van der Waals surface area contributed by atoms with Crippen molar-refractivity contribution in [3.8, 4) is 0 Å². The Morgan fingerprint density at radius 3 is 1.83 bits per heavy atom. The number of hydrogen-bond donors (Lipinski definition) is 8. The highest BCUT2D eigenvalue weighted by atomic mass is 16.4. The van der Waals surface area contributed by atoms with Crippen LogP contribution in [0.1, 0.15) is 52.5 Å². The molecular weight excluding hydrogens is 536 g/mol. The van der Waals surface area contributed by atoms with Gasteiger partial charge in [-0.15, -0.1) is 0 Å². The lowest BCUT2D eigenvalue weighted by molar-refractivity contribution is -0.142. The third kappa shape index (κ3) is 12.3. The minimum atomic E-state index is -1.54. The molecule has 0 spiro atoms. The van der Waals surface area contributed by atoms with E-state index in [9.17, 15) is 39.0 Å². The van der Waals surface area contributed by atoms with Crippen molar-refractivity contribution >= 4 is 35.5 Å². The Balaban J connectivity index is 3.11. The third-order valence-corrected chi connectivity index (χ3v) is 6.11. The molecular formula is C27H42N6O8. The molecule has 0 radical (unpaired) electrons. The molecule has 0 saturated heterocycles. The Morgan fingerprint density at radius 2 is 1.34 bits per heavy atom. The SMILES string of the molecule is CCC(N)C(=O)NC(C(=O)NC(CC(C)C)C(=O)NC(CC(N)=O)C(=O)NC(Cc1ccccc1)C(=O)O)C(C)O. The maximum atomic E-state index is 13.2. The molecule has 0 aromatic heterocycles. The first-order valence-electron chi connectivity index (χ1n) is 13.4. The summed E-state index contributed by atoms with van der Waals surface area (Å²) in [5, 5.41) is 29.3. The van der Waals surface area contributed by atoms with Gasteiger partial charge in [0.05, 0.1) is 18.6 Å². The van der Waals surface area contributed by atoms with Gasteiger partial charge in [-0.25, -0.2) is 4.79 Å². The van der Waals surface area contributed by atoms with Crippen LogP contribution < -0.4 is 32.7 Å². The van der Waals surface area contributed by atoms with Gasteiger partial charge in [-0.2, -0.15) is 0 Å². The molecule has 0 aliphatic carbocycles. The lowest BCUT2D eigenvalue weighted by Crippen LogP contribution is -2.60. The molecule has 5 amide bonds. The number of nitrogens with one attached hydrogen (secondary N) is 4. The number of aliphatic hydroxyl groups excluding tert-OH is 1. The monoisotopic (exact) mass is 578 g/mol. The lowest BCUT2D eigenvalue weighted by Gasteiger charge is -2.27. The molecule has 1 aromatic rings. The van der Waals surface area contributed by atoms with Gasteiger partial charge in [-0.05, 0) is 31.2 Å². The number of primary amides is 1. The summed E-state index contributed by atoms with van der Waals surface area (Å²) in [6, 6.07) is 2.04. The van der Waals surface area contributed by atoms with Crippen molar-refractivity contribution in [1.29, 1.82) is 0 Å². The summed E-state index contributed by atoms with van der Waals surface area (Å²) in [6.45, 7) is 6.50. The maximum Gasteiger partial charge on any atom is 0.326 e. The highest BCUT2D eigenvalue weighted by Crippen LogP contribution is 2.09. The van der Waals surface area contributed by atoms with Gasteiger partial charge in [-0.1, -0.05) is 51.1 Å². The van der Waals surface area contributed by atoms with E-state index in [0.29, 0.717) is 5.56 Å². The number of rotatable bonds is 17. The van der Waals surface area contributed by atoms with Crippen LogP contribution in [-0.2, 0) is 35.2 Å². The van der Waals surface area contributed by atoms with Gasteiger partial charge < -0.3 is 42.9 Å². The van der Waals surface area contributed by atoms with Crippen LogP contribution in [0.25, 0.3) is 0 Å². The summed E-state index contributed by atoms with van der Waals surface area (Å²) in [5.74, 6) is -5.76. The number of carboxylic acid groups (broad SMARTS) is 1. The van der Waals surface area contributed by atoms with E-state index in [-0.39, 0.29) is 25.2 Å². The second-order valence-corrected chi connectivity index (χ2v) is 10.3. The molecule has 1 aromatic carbocycles. The van der Waals surface area contributed by atoms with Gasteiger partial charge in [0.1, 0.15) is 24.2 Å². The number of carboxylic acids is 1. The van der Waals surface area contributed by atoms with Crippen molar-refractivity contribution in [3.05, 3.63) is 35.9 Å². The molecule has 14 heteroatoms. The van der Waals surface area contributed by atoms with Gasteiger partial charge >= 0.3 is 5.97 Å². The second kappa shape index (κ2) is 16.9. The van der Waals surface area contributed by atoms with Crippen molar-refractivity contribution < 1.29 is 39.0 Å². The van der Waals surface area contributed by atoms with E-state index in [0.717, 1.165) is 0 Å². The van der Waals surface area contributed by atoms with E-state index in [1.54, 1.807) is 51.1 Å². The Bertz CT molecular complexity index is 1070. The fraction of sp³-hybridized carbons (Fsp3) is 0.556. The molecule has 10 N–H and O–H groups in total. The fourth-order valence-corrected chi connectivity index (χ4v) is 3.82. The zero-order chi connectivity index (χ0) is 31.3. The Hall–Kier alpha value is -4.04. The maximum absolute atomic E-state index is 13.2. The highest BCUT2D eigenvalue weighted by Gasteiger charge is 2.34. The van der Waals surface area contributed by atoms with Gasteiger partial charge in [0.2, 0.25) is 29.5 Å². The largest absolute Gasteiger partial charge is 0.480 e. The molecule has 6 atom stereocenters. The normalized spacial score (nSPS) is 15.4.